The molecule has 9 nitrogen and oxygen atoms in total. The molecule has 0 saturated heterocycles. The Morgan fingerprint density at radius 1 is 0.980 bits per heavy atom. The van der Waals surface area contributed by atoms with Crippen molar-refractivity contribution in [2.24, 2.45) is 5.92 Å². The van der Waals surface area contributed by atoms with Crippen molar-refractivity contribution in [2.75, 3.05) is 5.32 Å². The quantitative estimate of drug-likeness (QED) is 0.0893. The van der Waals surface area contributed by atoms with Crippen molar-refractivity contribution < 1.29 is 36.8 Å². The Balaban J connectivity index is 1.56. The average molecular weight is 700 g/mol. The molecule has 1 fully saturated rings. The molecule has 0 bridgehead atoms. The first kappa shape index (κ1) is 35.9. The van der Waals surface area contributed by atoms with Crippen LogP contribution in [0.2, 0.25) is 0 Å². The second-order valence-corrected chi connectivity index (χ2v) is 15.0. The van der Waals surface area contributed by atoms with Gasteiger partial charge in [-0.3, -0.25) is 4.79 Å². The van der Waals surface area contributed by atoms with Crippen LogP contribution in [0.25, 0.3) is 5.69 Å². The van der Waals surface area contributed by atoms with Gasteiger partial charge in [-0.15, -0.1) is 4.72 Å². The number of amides is 2. The van der Waals surface area contributed by atoms with E-state index >= 15 is 4.39 Å². The summed E-state index contributed by atoms with van der Waals surface area (Å²) in [6.45, 7) is 5.35. The molecule has 2 unspecified atom stereocenters. The Bertz CT molecular complexity index is 1810. The van der Waals surface area contributed by atoms with Gasteiger partial charge in [0.15, 0.2) is 5.69 Å². The summed E-state index contributed by atoms with van der Waals surface area (Å²) in [6, 6.07) is 19.9. The van der Waals surface area contributed by atoms with E-state index in [4.69, 9.17) is 5.11 Å². The minimum Gasteiger partial charge on any atom is -0.598 e. The number of alkyl halides is 3. The van der Waals surface area contributed by atoms with Crippen LogP contribution in [0.5, 0.6) is 0 Å². The van der Waals surface area contributed by atoms with Crippen molar-refractivity contribution in [3.8, 4) is 5.69 Å². The highest BCUT2D eigenvalue weighted by molar-refractivity contribution is 7.90. The maximum absolute atomic E-state index is 15.5. The summed E-state index contributed by atoms with van der Waals surface area (Å²) < 4.78 is 74.1. The summed E-state index contributed by atoms with van der Waals surface area (Å²) in [5, 5.41) is 17.2. The highest BCUT2D eigenvalue weighted by Crippen LogP contribution is 2.43. The number of rotatable bonds is 12. The minimum absolute atomic E-state index is 0.0524. The average Bonchev–Trinajstić information content (AvgIpc) is 3.76. The Morgan fingerprint density at radius 2 is 1.69 bits per heavy atom. The van der Waals surface area contributed by atoms with Crippen LogP contribution < -0.4 is 15.4 Å². The molecule has 0 aliphatic heterocycles. The van der Waals surface area contributed by atoms with E-state index in [1.54, 1.807) is 12.1 Å². The molecular weight excluding hydrogens is 662 g/mol. The molecule has 2 amide bonds. The lowest BCUT2D eigenvalue weighted by molar-refractivity contribution is -0.141. The standard InChI is InChI=1S/C35H37F4N5O4S/c1-33(2,3)49(48)43-34(17-16-22-12-13-22,24-9-5-4-6-10-24)25-14-15-27(36)28(19-25)41-31(45)29-20-30(35(37,38)39)42-44(29)26-11-7-8-23(18-26)21-40-32(46)47/h4-11,14-15,18-20,22,40,43H,12-13,16-17,21H2,1-3H3,(H,41,45)(H,46,47). The van der Waals surface area contributed by atoms with E-state index in [2.05, 4.69) is 20.5 Å². The number of halogens is 4. The highest BCUT2D eigenvalue weighted by Gasteiger charge is 2.43. The Morgan fingerprint density at radius 3 is 2.33 bits per heavy atom. The Hall–Kier alpha value is -4.40. The fraction of sp³-hybridized carbons (Fsp3) is 0.343. The minimum atomic E-state index is -4.90. The number of hydrogen-bond donors (Lipinski definition) is 4. The number of hydrogen-bond acceptors (Lipinski definition) is 5. The lowest BCUT2D eigenvalue weighted by atomic mass is 9.79. The van der Waals surface area contributed by atoms with Gasteiger partial charge in [0, 0.05) is 24.0 Å². The molecule has 4 N–H and O–H groups in total. The monoisotopic (exact) mass is 699 g/mol. The molecule has 1 aliphatic carbocycles. The van der Waals surface area contributed by atoms with Gasteiger partial charge in [0.25, 0.3) is 5.91 Å². The normalized spacial score (nSPS) is 15.3. The molecule has 1 saturated carbocycles. The fourth-order valence-electron chi connectivity index (χ4n) is 5.41. The Labute approximate surface area is 284 Å². The van der Waals surface area contributed by atoms with E-state index in [0.29, 0.717) is 29.5 Å². The molecule has 260 valence electrons. The first-order valence-electron chi connectivity index (χ1n) is 15.7. The van der Waals surface area contributed by atoms with Crippen LogP contribution >= 0.6 is 0 Å². The van der Waals surface area contributed by atoms with Crippen LogP contribution in [-0.2, 0) is 29.6 Å². The van der Waals surface area contributed by atoms with E-state index in [9.17, 15) is 27.3 Å². The lowest BCUT2D eigenvalue weighted by Crippen LogP contribution is -2.52. The molecule has 5 rings (SSSR count). The van der Waals surface area contributed by atoms with Gasteiger partial charge in [-0.25, -0.2) is 13.9 Å². The van der Waals surface area contributed by atoms with Crippen molar-refractivity contribution in [3.05, 3.63) is 113 Å². The van der Waals surface area contributed by atoms with Crippen LogP contribution in [0.3, 0.4) is 0 Å². The predicted molar refractivity (Wildman–Crippen MR) is 178 cm³/mol. The van der Waals surface area contributed by atoms with Crippen LogP contribution in [-0.4, -0.2) is 36.2 Å². The lowest BCUT2D eigenvalue weighted by Gasteiger charge is -2.39. The van der Waals surface area contributed by atoms with Crippen molar-refractivity contribution in [2.45, 2.75) is 69.5 Å². The molecule has 49 heavy (non-hydrogen) atoms. The van der Waals surface area contributed by atoms with Crippen molar-refractivity contribution in [1.29, 1.82) is 0 Å². The number of nitrogens with one attached hydrogen (secondary N) is 3. The zero-order valence-corrected chi connectivity index (χ0v) is 27.9. The summed E-state index contributed by atoms with van der Waals surface area (Å²) in [7, 11) is 0. The van der Waals surface area contributed by atoms with Gasteiger partial charge < -0.3 is 20.3 Å². The summed E-state index contributed by atoms with van der Waals surface area (Å²) in [5.41, 5.74) is -1.50. The third kappa shape index (κ3) is 8.61. The molecule has 1 aliphatic rings. The maximum Gasteiger partial charge on any atom is 0.435 e. The van der Waals surface area contributed by atoms with E-state index < -0.39 is 57.0 Å². The third-order valence-electron chi connectivity index (χ3n) is 8.25. The SMILES string of the molecule is CC(C)(C)[S+]([O-])NC(CCC1CC1)(c1ccccc1)c1ccc(F)c(NC(=O)c2cc(C(F)(F)F)nn2-c2cccc(CNC(=O)O)c2)c1. The van der Waals surface area contributed by atoms with Crippen molar-refractivity contribution in [3.63, 3.8) is 0 Å². The van der Waals surface area contributed by atoms with Gasteiger partial charge in [-0.2, -0.15) is 18.3 Å². The zero-order chi connectivity index (χ0) is 35.6. The van der Waals surface area contributed by atoms with Crippen LogP contribution in [0.1, 0.15) is 79.3 Å². The van der Waals surface area contributed by atoms with Gasteiger partial charge in [-0.05, 0) is 80.5 Å². The molecule has 4 aromatic rings. The Kier molecular flexibility index (Phi) is 10.4. The number of carbonyl (C=O) groups excluding carboxylic acids is 1. The van der Waals surface area contributed by atoms with Gasteiger partial charge in [0.2, 0.25) is 0 Å². The second-order valence-electron chi connectivity index (χ2n) is 13.0. The third-order valence-corrected chi connectivity index (χ3v) is 9.90. The number of aromatic nitrogens is 2. The smallest absolute Gasteiger partial charge is 0.435 e. The molecule has 14 heteroatoms. The fourth-order valence-corrected chi connectivity index (χ4v) is 6.37. The van der Waals surface area contributed by atoms with Crippen LogP contribution in [0, 0.1) is 11.7 Å². The van der Waals surface area contributed by atoms with Crippen molar-refractivity contribution in [1.82, 2.24) is 19.8 Å². The summed E-state index contributed by atoms with van der Waals surface area (Å²) >= 11 is -1.58. The molecule has 1 aromatic heterocycles. The molecule has 2 atom stereocenters. The molecule has 3 aromatic carbocycles. The van der Waals surface area contributed by atoms with E-state index in [1.807, 2.05) is 51.1 Å². The van der Waals surface area contributed by atoms with Gasteiger partial charge >= 0.3 is 12.3 Å². The number of carboxylic acid groups (broad SMARTS) is 1. The summed E-state index contributed by atoms with van der Waals surface area (Å²) in [5.74, 6) is -1.40. The number of benzene rings is 3. The van der Waals surface area contributed by atoms with E-state index in [1.165, 1.54) is 30.3 Å². The van der Waals surface area contributed by atoms with Gasteiger partial charge in [-0.1, -0.05) is 61.4 Å². The molecular formula is C35H37F4N5O4S. The van der Waals surface area contributed by atoms with Crippen LogP contribution in [0.15, 0.2) is 78.9 Å². The zero-order valence-electron chi connectivity index (χ0n) is 27.1. The summed E-state index contributed by atoms with van der Waals surface area (Å²) in [4.78, 5) is 24.7. The molecule has 0 spiro atoms. The highest BCUT2D eigenvalue weighted by atomic mass is 32.2. The van der Waals surface area contributed by atoms with Gasteiger partial charge in [0.05, 0.1) is 11.4 Å². The number of carbonyl (C=O) groups is 2. The maximum atomic E-state index is 15.5. The number of anilines is 1. The second kappa shape index (κ2) is 14.2. The summed E-state index contributed by atoms with van der Waals surface area (Å²) in [6.07, 6.45) is -2.74. The van der Waals surface area contributed by atoms with Crippen LogP contribution in [0.4, 0.5) is 28.0 Å². The van der Waals surface area contributed by atoms with Crippen molar-refractivity contribution >= 4 is 29.0 Å². The first-order chi connectivity index (χ1) is 23.1. The van der Waals surface area contributed by atoms with Gasteiger partial charge in [0.1, 0.15) is 21.8 Å². The first-order valence-corrected chi connectivity index (χ1v) is 16.8. The van der Waals surface area contributed by atoms with E-state index in [-0.39, 0.29) is 17.9 Å². The molecule has 1 heterocycles. The van der Waals surface area contributed by atoms with E-state index in [0.717, 1.165) is 29.5 Å². The molecule has 0 radical (unpaired) electrons. The topological polar surface area (TPSA) is 131 Å². The number of nitrogens with zero attached hydrogens (tertiary/aromatic N) is 2. The largest absolute Gasteiger partial charge is 0.598 e. The predicted octanol–water partition coefficient (Wildman–Crippen LogP) is 7.54.